The fourth-order valence-corrected chi connectivity index (χ4v) is 1.78. The maximum Gasteiger partial charge on any atom is 0.296 e. The number of amidine groups is 1. The second kappa shape index (κ2) is 6.44. The van der Waals surface area contributed by atoms with E-state index in [0.717, 1.165) is 6.07 Å². The SMILES string of the molecule is N#C/C(=N\Nc1c(Br)cc(C(N)=O)cc1[N+](=O)[O-])C(=N)N. The summed E-state index contributed by atoms with van der Waals surface area (Å²) in [5.41, 5.74) is 11.3. The molecule has 108 valence electrons. The van der Waals surface area contributed by atoms with Crippen molar-refractivity contribution in [3.05, 3.63) is 32.3 Å². The molecule has 0 atom stereocenters. The highest BCUT2D eigenvalue weighted by Crippen LogP contribution is 2.34. The summed E-state index contributed by atoms with van der Waals surface area (Å²) in [7, 11) is 0. The molecule has 6 N–H and O–H groups in total. The number of primary amides is 1. The fraction of sp³-hybridized carbons (Fsp3) is 0. The largest absolute Gasteiger partial charge is 0.382 e. The Morgan fingerprint density at radius 3 is 2.57 bits per heavy atom. The third kappa shape index (κ3) is 3.74. The lowest BCUT2D eigenvalue weighted by Crippen LogP contribution is -2.22. The number of hydrazone groups is 1. The number of hydrogen-bond acceptors (Lipinski definition) is 7. The van der Waals surface area contributed by atoms with E-state index in [1.54, 1.807) is 6.07 Å². The van der Waals surface area contributed by atoms with Gasteiger partial charge in [-0.3, -0.25) is 25.7 Å². The summed E-state index contributed by atoms with van der Waals surface area (Å²) in [5.74, 6) is -1.44. The van der Waals surface area contributed by atoms with Gasteiger partial charge < -0.3 is 11.5 Å². The number of nitrogens with zero attached hydrogens (tertiary/aromatic N) is 3. The normalized spacial score (nSPS) is 10.6. The predicted molar refractivity (Wildman–Crippen MR) is 77.9 cm³/mol. The fourth-order valence-electron chi connectivity index (χ4n) is 1.25. The first-order valence-electron chi connectivity index (χ1n) is 5.13. The summed E-state index contributed by atoms with van der Waals surface area (Å²) < 4.78 is 0.134. The third-order valence-electron chi connectivity index (χ3n) is 2.19. The number of nitrogens with two attached hydrogens (primary N) is 2. The molecule has 0 unspecified atom stereocenters. The van der Waals surface area contributed by atoms with Crippen LogP contribution in [-0.4, -0.2) is 22.4 Å². The van der Waals surface area contributed by atoms with E-state index >= 15 is 0 Å². The molecule has 0 aliphatic heterocycles. The molecule has 1 rings (SSSR count). The molecule has 0 aliphatic carbocycles. The summed E-state index contributed by atoms with van der Waals surface area (Å²) in [6, 6.07) is 3.77. The van der Waals surface area contributed by atoms with Crippen molar-refractivity contribution in [2.75, 3.05) is 5.43 Å². The van der Waals surface area contributed by atoms with E-state index in [2.05, 4.69) is 26.5 Å². The van der Waals surface area contributed by atoms with Crippen molar-refractivity contribution in [2.45, 2.75) is 0 Å². The molecule has 0 bridgehead atoms. The van der Waals surface area contributed by atoms with Gasteiger partial charge in [0.05, 0.1) is 9.40 Å². The quantitative estimate of drug-likeness (QED) is 0.261. The van der Waals surface area contributed by atoms with Crippen molar-refractivity contribution in [1.82, 2.24) is 0 Å². The lowest BCUT2D eigenvalue weighted by molar-refractivity contribution is -0.384. The Balaban J connectivity index is 3.37. The van der Waals surface area contributed by atoms with Crippen molar-refractivity contribution in [2.24, 2.45) is 16.6 Å². The molecule has 0 aromatic heterocycles. The molecule has 1 amide bonds. The predicted octanol–water partition coefficient (Wildman–Crippen LogP) is 0.684. The second-order valence-electron chi connectivity index (χ2n) is 3.57. The molecule has 0 heterocycles. The summed E-state index contributed by atoms with van der Waals surface area (Å²) in [5, 5.41) is 30.3. The van der Waals surface area contributed by atoms with E-state index in [9.17, 15) is 14.9 Å². The number of hydrogen-bond donors (Lipinski definition) is 4. The summed E-state index contributed by atoms with van der Waals surface area (Å²) in [6.07, 6.45) is 0. The van der Waals surface area contributed by atoms with Crippen molar-refractivity contribution >= 4 is 44.8 Å². The Hall–Kier alpha value is -3.00. The van der Waals surface area contributed by atoms with E-state index in [1.807, 2.05) is 0 Å². The van der Waals surface area contributed by atoms with Gasteiger partial charge in [-0.2, -0.15) is 10.4 Å². The lowest BCUT2D eigenvalue weighted by atomic mass is 10.1. The van der Waals surface area contributed by atoms with Gasteiger partial charge in [-0.05, 0) is 22.0 Å². The number of nitro benzene ring substituents is 1. The Labute approximate surface area is 126 Å². The summed E-state index contributed by atoms with van der Waals surface area (Å²) >= 11 is 3.03. The zero-order chi connectivity index (χ0) is 16.2. The van der Waals surface area contributed by atoms with Crippen LogP contribution < -0.4 is 16.9 Å². The number of nitriles is 1. The van der Waals surface area contributed by atoms with Crippen LogP contribution in [0, 0.1) is 26.9 Å². The molecule has 0 saturated heterocycles. The Morgan fingerprint density at radius 1 is 1.52 bits per heavy atom. The van der Waals surface area contributed by atoms with Crippen LogP contribution in [0.1, 0.15) is 10.4 Å². The van der Waals surface area contributed by atoms with Gasteiger partial charge in [0.1, 0.15) is 11.8 Å². The molecule has 10 nitrogen and oxygen atoms in total. The maximum absolute atomic E-state index is 11.1. The lowest BCUT2D eigenvalue weighted by Gasteiger charge is -2.07. The van der Waals surface area contributed by atoms with E-state index in [4.69, 9.17) is 22.1 Å². The topological polar surface area (TPSA) is 184 Å². The number of carbonyl (C=O) groups is 1. The Kier molecular flexibility index (Phi) is 4.92. The van der Waals surface area contributed by atoms with Crippen LogP contribution in [0.4, 0.5) is 11.4 Å². The van der Waals surface area contributed by atoms with Crippen LogP contribution in [-0.2, 0) is 0 Å². The molecular formula is C10H8BrN7O3. The van der Waals surface area contributed by atoms with Crippen LogP contribution in [0.25, 0.3) is 0 Å². The number of rotatable bonds is 5. The average Bonchev–Trinajstić information content (AvgIpc) is 2.39. The molecule has 0 saturated carbocycles. The monoisotopic (exact) mass is 353 g/mol. The number of carbonyl (C=O) groups excluding carboxylic acids is 1. The van der Waals surface area contributed by atoms with Crippen LogP contribution in [0.15, 0.2) is 21.7 Å². The molecule has 0 spiro atoms. The van der Waals surface area contributed by atoms with Crippen LogP contribution >= 0.6 is 15.9 Å². The highest BCUT2D eigenvalue weighted by atomic mass is 79.9. The number of halogens is 1. The van der Waals surface area contributed by atoms with E-state index in [1.165, 1.54) is 6.07 Å². The molecule has 0 fully saturated rings. The molecule has 0 radical (unpaired) electrons. The number of anilines is 1. The average molecular weight is 354 g/mol. The first-order chi connectivity index (χ1) is 9.77. The van der Waals surface area contributed by atoms with Gasteiger partial charge in [0, 0.05) is 11.6 Å². The maximum atomic E-state index is 11.1. The summed E-state index contributed by atoms with van der Waals surface area (Å²) in [6.45, 7) is 0. The van der Waals surface area contributed by atoms with Crippen LogP contribution in [0.2, 0.25) is 0 Å². The molecule has 11 heteroatoms. The zero-order valence-electron chi connectivity index (χ0n) is 10.3. The second-order valence-corrected chi connectivity index (χ2v) is 4.43. The van der Waals surface area contributed by atoms with Gasteiger partial charge in [-0.25, -0.2) is 0 Å². The van der Waals surface area contributed by atoms with E-state index < -0.39 is 28.1 Å². The van der Waals surface area contributed by atoms with Gasteiger partial charge >= 0.3 is 0 Å². The van der Waals surface area contributed by atoms with Crippen molar-refractivity contribution < 1.29 is 9.72 Å². The van der Waals surface area contributed by atoms with Gasteiger partial charge in [-0.1, -0.05) is 0 Å². The number of amides is 1. The van der Waals surface area contributed by atoms with Gasteiger partial charge in [0.25, 0.3) is 5.69 Å². The van der Waals surface area contributed by atoms with Crippen LogP contribution in [0.5, 0.6) is 0 Å². The minimum absolute atomic E-state index is 0.0739. The smallest absolute Gasteiger partial charge is 0.296 e. The minimum Gasteiger partial charge on any atom is -0.382 e. The number of nitrogens with one attached hydrogen (secondary N) is 2. The molecule has 1 aromatic carbocycles. The standard InChI is InChI=1S/C10H8BrN7O3/c11-5-1-4(10(15)19)2-7(18(20)21)8(5)17-16-6(3-12)9(13)14/h1-2,17H,(H3,13,14)(H2,15,19)/b16-6+. The third-order valence-corrected chi connectivity index (χ3v) is 2.82. The first-order valence-corrected chi connectivity index (χ1v) is 5.93. The molecule has 1 aromatic rings. The van der Waals surface area contributed by atoms with Crippen molar-refractivity contribution in [3.63, 3.8) is 0 Å². The molecule has 0 aliphatic rings. The molecular weight excluding hydrogens is 346 g/mol. The Morgan fingerprint density at radius 2 is 2.14 bits per heavy atom. The Bertz CT molecular complexity index is 707. The van der Waals surface area contributed by atoms with Gasteiger partial charge in [0.2, 0.25) is 11.6 Å². The van der Waals surface area contributed by atoms with Gasteiger partial charge in [-0.15, -0.1) is 0 Å². The summed E-state index contributed by atoms with van der Waals surface area (Å²) in [4.78, 5) is 21.3. The number of benzene rings is 1. The van der Waals surface area contributed by atoms with Crippen molar-refractivity contribution in [3.8, 4) is 6.07 Å². The van der Waals surface area contributed by atoms with E-state index in [-0.39, 0.29) is 15.7 Å². The van der Waals surface area contributed by atoms with Crippen molar-refractivity contribution in [1.29, 1.82) is 10.7 Å². The van der Waals surface area contributed by atoms with Gasteiger partial charge in [0.15, 0.2) is 5.84 Å². The zero-order valence-corrected chi connectivity index (χ0v) is 11.8. The minimum atomic E-state index is -0.838. The van der Waals surface area contributed by atoms with E-state index in [0.29, 0.717) is 0 Å². The highest BCUT2D eigenvalue weighted by molar-refractivity contribution is 9.10. The molecule has 21 heavy (non-hydrogen) atoms. The first kappa shape index (κ1) is 16.1. The van der Waals surface area contributed by atoms with Crippen LogP contribution in [0.3, 0.4) is 0 Å². The highest BCUT2D eigenvalue weighted by Gasteiger charge is 2.20. The number of nitro groups is 1.